The Balaban J connectivity index is 2.17. The van der Waals surface area contributed by atoms with E-state index in [0.717, 1.165) is 22.9 Å². The zero-order valence-corrected chi connectivity index (χ0v) is 12.3. The molecule has 0 aromatic carbocycles. The van der Waals surface area contributed by atoms with Gasteiger partial charge in [-0.3, -0.25) is 0 Å². The van der Waals surface area contributed by atoms with Gasteiger partial charge in [0.05, 0.1) is 5.02 Å². The predicted octanol–water partition coefficient (Wildman–Crippen LogP) is 3.56. The molecule has 0 amide bonds. The Kier molecular flexibility index (Phi) is 5.19. The number of halogens is 1. The van der Waals surface area contributed by atoms with Gasteiger partial charge in [-0.2, -0.15) is 0 Å². The molecular formula is C14H16ClN3S. The first kappa shape index (κ1) is 14.3. The van der Waals surface area contributed by atoms with Gasteiger partial charge in [0.15, 0.2) is 0 Å². The lowest BCUT2D eigenvalue weighted by molar-refractivity contribution is 0.637. The van der Waals surface area contributed by atoms with E-state index in [1.54, 1.807) is 12.4 Å². The SMILES string of the molecule is CCC(N)Cc1cccnc1Sc1ccc(Cl)cn1. The summed E-state index contributed by atoms with van der Waals surface area (Å²) in [7, 11) is 0. The lowest BCUT2D eigenvalue weighted by Crippen LogP contribution is -2.21. The van der Waals surface area contributed by atoms with Crippen LogP contribution in [0, 0.1) is 0 Å². The van der Waals surface area contributed by atoms with Crippen LogP contribution in [0.3, 0.4) is 0 Å². The molecular weight excluding hydrogens is 278 g/mol. The molecule has 5 heteroatoms. The predicted molar refractivity (Wildman–Crippen MR) is 79.6 cm³/mol. The highest BCUT2D eigenvalue weighted by atomic mass is 35.5. The molecule has 0 bridgehead atoms. The van der Waals surface area contributed by atoms with Crippen LogP contribution in [-0.4, -0.2) is 16.0 Å². The third-order valence-corrected chi connectivity index (χ3v) is 3.99. The third-order valence-electron chi connectivity index (χ3n) is 2.76. The molecule has 0 fully saturated rings. The van der Waals surface area contributed by atoms with Crippen molar-refractivity contribution >= 4 is 23.4 Å². The Labute approximate surface area is 122 Å². The lowest BCUT2D eigenvalue weighted by Gasteiger charge is -2.11. The van der Waals surface area contributed by atoms with Crippen molar-refractivity contribution in [2.75, 3.05) is 0 Å². The fraction of sp³-hybridized carbons (Fsp3) is 0.286. The fourth-order valence-corrected chi connectivity index (χ4v) is 2.57. The number of aromatic nitrogens is 2. The van der Waals surface area contributed by atoms with Gasteiger partial charge in [0.2, 0.25) is 0 Å². The van der Waals surface area contributed by atoms with Gasteiger partial charge in [0, 0.05) is 18.4 Å². The second-order valence-electron chi connectivity index (χ2n) is 4.26. The van der Waals surface area contributed by atoms with Gasteiger partial charge < -0.3 is 5.73 Å². The Morgan fingerprint density at radius 1 is 1.32 bits per heavy atom. The summed E-state index contributed by atoms with van der Waals surface area (Å²) in [6.07, 6.45) is 5.22. The first-order valence-electron chi connectivity index (χ1n) is 6.18. The van der Waals surface area contributed by atoms with Crippen LogP contribution >= 0.6 is 23.4 Å². The highest BCUT2D eigenvalue weighted by Gasteiger charge is 2.09. The molecule has 100 valence electrons. The molecule has 2 aromatic rings. The molecule has 1 unspecified atom stereocenters. The van der Waals surface area contributed by atoms with Crippen LogP contribution in [0.1, 0.15) is 18.9 Å². The van der Waals surface area contributed by atoms with E-state index in [1.165, 1.54) is 17.3 Å². The Morgan fingerprint density at radius 2 is 2.16 bits per heavy atom. The number of pyridine rings is 2. The summed E-state index contributed by atoms with van der Waals surface area (Å²) in [6, 6.07) is 7.90. The number of nitrogens with two attached hydrogens (primary N) is 1. The molecule has 2 heterocycles. The van der Waals surface area contributed by atoms with Gasteiger partial charge in [-0.05, 0) is 48.4 Å². The molecule has 0 aliphatic rings. The first-order valence-corrected chi connectivity index (χ1v) is 7.37. The number of rotatable bonds is 5. The number of hydrogen-bond donors (Lipinski definition) is 1. The molecule has 0 spiro atoms. The van der Waals surface area contributed by atoms with Crippen LogP contribution in [0.2, 0.25) is 5.02 Å². The highest BCUT2D eigenvalue weighted by molar-refractivity contribution is 7.99. The van der Waals surface area contributed by atoms with Crippen molar-refractivity contribution in [3.05, 3.63) is 47.2 Å². The summed E-state index contributed by atoms with van der Waals surface area (Å²) in [4.78, 5) is 8.69. The molecule has 1 atom stereocenters. The van der Waals surface area contributed by atoms with Crippen molar-refractivity contribution in [2.24, 2.45) is 5.73 Å². The van der Waals surface area contributed by atoms with E-state index in [0.29, 0.717) is 5.02 Å². The van der Waals surface area contributed by atoms with E-state index < -0.39 is 0 Å². The minimum Gasteiger partial charge on any atom is -0.327 e. The summed E-state index contributed by atoms with van der Waals surface area (Å²) < 4.78 is 0. The third kappa shape index (κ3) is 4.20. The normalized spacial score (nSPS) is 12.4. The van der Waals surface area contributed by atoms with Crippen LogP contribution in [-0.2, 0) is 6.42 Å². The number of hydrogen-bond acceptors (Lipinski definition) is 4. The Hall–Kier alpha value is -1.10. The van der Waals surface area contributed by atoms with Gasteiger partial charge in [-0.15, -0.1) is 0 Å². The van der Waals surface area contributed by atoms with Gasteiger partial charge >= 0.3 is 0 Å². The van der Waals surface area contributed by atoms with Crippen molar-refractivity contribution in [1.82, 2.24) is 9.97 Å². The summed E-state index contributed by atoms with van der Waals surface area (Å²) in [5.74, 6) is 0. The largest absolute Gasteiger partial charge is 0.327 e. The maximum atomic E-state index is 6.02. The minimum absolute atomic E-state index is 0.168. The first-order chi connectivity index (χ1) is 9.19. The zero-order valence-electron chi connectivity index (χ0n) is 10.7. The second kappa shape index (κ2) is 6.89. The van der Waals surface area contributed by atoms with Crippen LogP contribution in [0.4, 0.5) is 0 Å². The molecule has 0 aliphatic heterocycles. The standard InChI is InChI=1S/C14H16ClN3S/c1-2-12(16)8-10-4-3-7-17-14(10)19-13-6-5-11(15)9-18-13/h3-7,9,12H,2,8,16H2,1H3. The molecule has 0 saturated carbocycles. The second-order valence-corrected chi connectivity index (χ2v) is 5.70. The topological polar surface area (TPSA) is 51.8 Å². The summed E-state index contributed by atoms with van der Waals surface area (Å²) in [5.41, 5.74) is 7.18. The van der Waals surface area contributed by atoms with Crippen LogP contribution in [0.15, 0.2) is 46.7 Å². The van der Waals surface area contributed by atoms with E-state index in [1.807, 2.05) is 18.2 Å². The molecule has 3 nitrogen and oxygen atoms in total. The molecule has 2 rings (SSSR count). The van der Waals surface area contributed by atoms with E-state index in [-0.39, 0.29) is 6.04 Å². The van der Waals surface area contributed by atoms with Gasteiger partial charge in [-0.25, -0.2) is 9.97 Å². The molecule has 0 saturated heterocycles. The average molecular weight is 294 g/mol. The highest BCUT2D eigenvalue weighted by Crippen LogP contribution is 2.28. The van der Waals surface area contributed by atoms with Gasteiger partial charge in [0.25, 0.3) is 0 Å². The van der Waals surface area contributed by atoms with Gasteiger partial charge in [-0.1, -0.05) is 24.6 Å². The summed E-state index contributed by atoms with van der Waals surface area (Å²) >= 11 is 7.37. The maximum Gasteiger partial charge on any atom is 0.105 e. The van der Waals surface area contributed by atoms with Crippen molar-refractivity contribution in [1.29, 1.82) is 0 Å². The smallest absolute Gasteiger partial charge is 0.105 e. The average Bonchev–Trinajstić information content (AvgIpc) is 2.43. The molecule has 0 aliphatic carbocycles. The monoisotopic (exact) mass is 293 g/mol. The van der Waals surface area contributed by atoms with E-state index >= 15 is 0 Å². The van der Waals surface area contributed by atoms with Crippen LogP contribution in [0.5, 0.6) is 0 Å². The van der Waals surface area contributed by atoms with E-state index in [9.17, 15) is 0 Å². The fourth-order valence-electron chi connectivity index (χ4n) is 1.62. The van der Waals surface area contributed by atoms with Crippen molar-refractivity contribution in [3.63, 3.8) is 0 Å². The van der Waals surface area contributed by atoms with Crippen LogP contribution in [0.25, 0.3) is 0 Å². The molecule has 19 heavy (non-hydrogen) atoms. The summed E-state index contributed by atoms with van der Waals surface area (Å²) in [6.45, 7) is 2.09. The quantitative estimate of drug-likeness (QED) is 0.916. The number of nitrogens with zero attached hydrogens (tertiary/aromatic N) is 2. The van der Waals surface area contributed by atoms with E-state index in [4.69, 9.17) is 17.3 Å². The van der Waals surface area contributed by atoms with Crippen molar-refractivity contribution in [2.45, 2.75) is 35.9 Å². The zero-order chi connectivity index (χ0) is 13.7. The lowest BCUT2D eigenvalue weighted by atomic mass is 10.1. The van der Waals surface area contributed by atoms with Crippen molar-refractivity contribution in [3.8, 4) is 0 Å². The molecule has 2 aromatic heterocycles. The Morgan fingerprint density at radius 3 is 2.84 bits per heavy atom. The van der Waals surface area contributed by atoms with E-state index in [2.05, 4.69) is 23.0 Å². The summed E-state index contributed by atoms with van der Waals surface area (Å²) in [5, 5.41) is 2.48. The van der Waals surface area contributed by atoms with Gasteiger partial charge in [0.1, 0.15) is 10.1 Å². The Bertz CT molecular complexity index is 530. The molecule has 2 N–H and O–H groups in total. The minimum atomic E-state index is 0.168. The van der Waals surface area contributed by atoms with Crippen molar-refractivity contribution < 1.29 is 0 Å². The maximum absolute atomic E-state index is 6.02. The van der Waals surface area contributed by atoms with Crippen LogP contribution < -0.4 is 5.73 Å². The molecule has 0 radical (unpaired) electrons.